The second-order valence-corrected chi connectivity index (χ2v) is 3.91. The van der Waals surface area contributed by atoms with Gasteiger partial charge in [-0.05, 0) is 20.8 Å². The molecule has 2 aromatic heterocycles. The Bertz CT molecular complexity index is 604. The van der Waals surface area contributed by atoms with E-state index in [1.807, 2.05) is 13.8 Å². The predicted molar refractivity (Wildman–Crippen MR) is 68.3 cm³/mol. The van der Waals surface area contributed by atoms with Gasteiger partial charge in [0.1, 0.15) is 5.56 Å². The molecule has 18 heavy (non-hydrogen) atoms. The Labute approximate surface area is 105 Å². The first-order chi connectivity index (χ1) is 8.60. The van der Waals surface area contributed by atoms with Crippen molar-refractivity contribution in [2.45, 2.75) is 27.3 Å². The van der Waals surface area contributed by atoms with Gasteiger partial charge in [-0.2, -0.15) is 5.10 Å². The first-order valence-corrected chi connectivity index (χ1v) is 5.88. The molecule has 2 aromatic rings. The molecule has 0 radical (unpaired) electrons. The maximum atomic E-state index is 11.7. The first-order valence-electron chi connectivity index (χ1n) is 5.88. The van der Waals surface area contributed by atoms with E-state index in [4.69, 9.17) is 10.5 Å². The van der Waals surface area contributed by atoms with Crippen LogP contribution in [0, 0.1) is 6.92 Å². The molecule has 2 heterocycles. The lowest BCUT2D eigenvalue weighted by molar-refractivity contribution is 0.0527. The maximum Gasteiger partial charge on any atom is 0.341 e. The van der Waals surface area contributed by atoms with E-state index < -0.39 is 5.97 Å². The Morgan fingerprint density at radius 2 is 2.22 bits per heavy atom. The number of fused-ring (bicyclic) bond motifs is 1. The van der Waals surface area contributed by atoms with Gasteiger partial charge in [-0.15, -0.1) is 0 Å². The minimum Gasteiger partial charge on any atom is -0.462 e. The summed E-state index contributed by atoms with van der Waals surface area (Å²) in [6.45, 7) is 6.59. The zero-order valence-electron chi connectivity index (χ0n) is 10.7. The van der Waals surface area contributed by atoms with Crippen LogP contribution >= 0.6 is 0 Å². The van der Waals surface area contributed by atoms with E-state index >= 15 is 0 Å². The summed E-state index contributed by atoms with van der Waals surface area (Å²) in [5.41, 5.74) is 8.17. The Balaban J connectivity index is 2.64. The van der Waals surface area contributed by atoms with Gasteiger partial charge in [0.2, 0.25) is 0 Å². The second kappa shape index (κ2) is 4.64. The summed E-state index contributed by atoms with van der Waals surface area (Å²) in [4.78, 5) is 16.0. The molecule has 2 N–H and O–H groups in total. The van der Waals surface area contributed by atoms with Crippen LogP contribution in [0.15, 0.2) is 6.20 Å². The fraction of sp³-hybridized carbons (Fsp3) is 0.417. The molecule has 0 saturated carbocycles. The number of esters is 1. The monoisotopic (exact) mass is 248 g/mol. The zero-order chi connectivity index (χ0) is 13.3. The minimum atomic E-state index is -0.451. The smallest absolute Gasteiger partial charge is 0.341 e. The number of anilines is 1. The van der Waals surface area contributed by atoms with E-state index in [1.165, 1.54) is 6.20 Å². The van der Waals surface area contributed by atoms with Crippen molar-refractivity contribution in [2.75, 3.05) is 12.3 Å². The Hall–Kier alpha value is -2.11. The average molecular weight is 248 g/mol. The number of aromatic nitrogens is 3. The van der Waals surface area contributed by atoms with Crippen LogP contribution in [0.3, 0.4) is 0 Å². The lowest BCUT2D eigenvalue weighted by Gasteiger charge is -2.06. The van der Waals surface area contributed by atoms with Crippen LogP contribution in [0.1, 0.15) is 29.9 Å². The third kappa shape index (κ3) is 1.79. The summed E-state index contributed by atoms with van der Waals surface area (Å²) >= 11 is 0. The molecule has 0 aliphatic heterocycles. The molecular formula is C12H16N4O2. The number of carbonyl (C=O) groups excluding carboxylic acids is 1. The highest BCUT2D eigenvalue weighted by Crippen LogP contribution is 2.26. The summed E-state index contributed by atoms with van der Waals surface area (Å²) in [6.07, 6.45) is 1.45. The van der Waals surface area contributed by atoms with Crippen LogP contribution in [-0.2, 0) is 11.3 Å². The fourth-order valence-corrected chi connectivity index (χ4v) is 1.94. The second-order valence-electron chi connectivity index (χ2n) is 3.91. The van der Waals surface area contributed by atoms with E-state index in [1.54, 1.807) is 11.6 Å². The van der Waals surface area contributed by atoms with Gasteiger partial charge in [0, 0.05) is 12.7 Å². The topological polar surface area (TPSA) is 83.0 Å². The number of ether oxygens (including phenoxy) is 1. The molecule has 0 aliphatic carbocycles. The number of nitrogen functional groups attached to an aromatic ring is 1. The number of hydrogen-bond donors (Lipinski definition) is 1. The third-order valence-corrected chi connectivity index (χ3v) is 2.77. The fourth-order valence-electron chi connectivity index (χ4n) is 1.94. The molecule has 0 atom stereocenters. The van der Waals surface area contributed by atoms with Gasteiger partial charge in [0.15, 0.2) is 5.65 Å². The van der Waals surface area contributed by atoms with Crippen molar-refractivity contribution in [3.8, 4) is 0 Å². The van der Waals surface area contributed by atoms with Gasteiger partial charge < -0.3 is 10.5 Å². The lowest BCUT2D eigenvalue weighted by Crippen LogP contribution is -2.09. The van der Waals surface area contributed by atoms with Crippen LogP contribution < -0.4 is 5.73 Å². The predicted octanol–water partition coefficient (Wildman–Crippen LogP) is 1.52. The summed E-state index contributed by atoms with van der Waals surface area (Å²) in [5, 5.41) is 5.06. The van der Waals surface area contributed by atoms with Crippen molar-refractivity contribution in [1.29, 1.82) is 0 Å². The Morgan fingerprint density at radius 1 is 1.50 bits per heavy atom. The minimum absolute atomic E-state index is 0.295. The van der Waals surface area contributed by atoms with E-state index in [9.17, 15) is 4.79 Å². The molecule has 0 unspecified atom stereocenters. The summed E-state index contributed by atoms with van der Waals surface area (Å²) in [6, 6.07) is 0. The van der Waals surface area contributed by atoms with Crippen LogP contribution in [-0.4, -0.2) is 27.3 Å². The van der Waals surface area contributed by atoms with Crippen molar-refractivity contribution in [1.82, 2.24) is 14.8 Å². The van der Waals surface area contributed by atoms with E-state index in [2.05, 4.69) is 10.1 Å². The molecule has 96 valence electrons. The van der Waals surface area contributed by atoms with Crippen LogP contribution in [0.5, 0.6) is 0 Å². The van der Waals surface area contributed by atoms with Gasteiger partial charge in [0.25, 0.3) is 0 Å². The standard InChI is InChI=1S/C12H16N4O2/c1-4-16-11-9(7(3)15-16)10(13)8(6-14-11)12(17)18-5-2/h6H,4-5H2,1-3H3,(H2,13,14). The largest absolute Gasteiger partial charge is 0.462 e. The van der Waals surface area contributed by atoms with Gasteiger partial charge in [-0.25, -0.2) is 14.5 Å². The van der Waals surface area contributed by atoms with Gasteiger partial charge in [-0.3, -0.25) is 0 Å². The number of aryl methyl sites for hydroxylation is 2. The highest BCUT2D eigenvalue weighted by atomic mass is 16.5. The molecule has 0 bridgehead atoms. The lowest BCUT2D eigenvalue weighted by atomic mass is 10.1. The molecular weight excluding hydrogens is 232 g/mol. The molecule has 0 aromatic carbocycles. The molecule has 0 fully saturated rings. The maximum absolute atomic E-state index is 11.7. The van der Waals surface area contributed by atoms with Gasteiger partial charge in [0.05, 0.1) is 23.4 Å². The molecule has 6 nitrogen and oxygen atoms in total. The van der Waals surface area contributed by atoms with E-state index in [0.29, 0.717) is 30.0 Å². The number of pyridine rings is 1. The number of nitrogens with two attached hydrogens (primary N) is 1. The Morgan fingerprint density at radius 3 is 2.83 bits per heavy atom. The normalized spacial score (nSPS) is 10.8. The van der Waals surface area contributed by atoms with E-state index in [0.717, 1.165) is 11.1 Å². The quantitative estimate of drug-likeness (QED) is 0.832. The van der Waals surface area contributed by atoms with E-state index in [-0.39, 0.29) is 0 Å². The highest BCUT2D eigenvalue weighted by molar-refractivity contribution is 6.04. The molecule has 0 amide bonds. The number of hydrogen-bond acceptors (Lipinski definition) is 5. The van der Waals surface area contributed by atoms with Crippen molar-refractivity contribution >= 4 is 22.7 Å². The van der Waals surface area contributed by atoms with Gasteiger partial charge in [-0.1, -0.05) is 0 Å². The number of rotatable bonds is 3. The third-order valence-electron chi connectivity index (χ3n) is 2.77. The van der Waals surface area contributed by atoms with Crippen molar-refractivity contribution in [2.24, 2.45) is 0 Å². The summed E-state index contributed by atoms with van der Waals surface area (Å²) in [5.74, 6) is -0.451. The van der Waals surface area contributed by atoms with Crippen molar-refractivity contribution < 1.29 is 9.53 Å². The molecule has 0 saturated heterocycles. The van der Waals surface area contributed by atoms with Gasteiger partial charge >= 0.3 is 5.97 Å². The summed E-state index contributed by atoms with van der Waals surface area (Å²) in [7, 11) is 0. The first kappa shape index (κ1) is 12.3. The van der Waals surface area contributed by atoms with Crippen LogP contribution in [0.2, 0.25) is 0 Å². The number of nitrogens with zero attached hydrogens (tertiary/aromatic N) is 3. The van der Waals surface area contributed by atoms with Crippen LogP contribution in [0.4, 0.5) is 5.69 Å². The van der Waals surface area contributed by atoms with Crippen LogP contribution in [0.25, 0.3) is 11.0 Å². The molecule has 2 rings (SSSR count). The average Bonchev–Trinajstić information content (AvgIpc) is 2.67. The molecule has 0 aliphatic rings. The molecule has 6 heteroatoms. The summed E-state index contributed by atoms with van der Waals surface area (Å²) < 4.78 is 6.70. The van der Waals surface area contributed by atoms with Crippen molar-refractivity contribution in [3.05, 3.63) is 17.5 Å². The zero-order valence-corrected chi connectivity index (χ0v) is 10.7. The Kier molecular flexibility index (Phi) is 3.18. The SMILES string of the molecule is CCOC(=O)c1cnc2c(c(C)nn2CC)c1N. The number of carbonyl (C=O) groups is 1. The molecule has 0 spiro atoms. The highest BCUT2D eigenvalue weighted by Gasteiger charge is 2.18. The van der Waals surface area contributed by atoms with Crippen molar-refractivity contribution in [3.63, 3.8) is 0 Å².